The van der Waals surface area contributed by atoms with Crippen molar-refractivity contribution in [2.75, 3.05) is 30.4 Å². The number of alkyl halides is 3. The Labute approximate surface area is 228 Å². The van der Waals surface area contributed by atoms with Crippen molar-refractivity contribution in [2.24, 2.45) is 0 Å². The Kier molecular flexibility index (Phi) is 8.77. The molecule has 0 bridgehead atoms. The van der Waals surface area contributed by atoms with Crippen molar-refractivity contribution in [3.63, 3.8) is 0 Å². The van der Waals surface area contributed by atoms with Crippen molar-refractivity contribution in [1.29, 1.82) is 0 Å². The van der Waals surface area contributed by atoms with Crippen LogP contribution in [0.1, 0.15) is 33.5 Å². The standard InChI is InChI=1S/C28H28F3N5O4/c29-28(30,31)22-9-5-20(6-10-22)18-40-26(38)21-3-1-4-24(15-21)35-13-2-14-36(35)25(37)17-34-27(39)33-16-19-7-11-23(32)12-8-19/h1,3-12,15H,2,13-14,16-18,32H2,(H2,33,34,39). The molecule has 3 aromatic rings. The van der Waals surface area contributed by atoms with Gasteiger partial charge in [-0.3, -0.25) is 14.8 Å². The van der Waals surface area contributed by atoms with Gasteiger partial charge in [0.2, 0.25) is 0 Å². The molecule has 0 unspecified atom stereocenters. The summed E-state index contributed by atoms with van der Waals surface area (Å²) in [7, 11) is 0. The molecule has 0 aromatic heterocycles. The monoisotopic (exact) mass is 555 g/mol. The summed E-state index contributed by atoms with van der Waals surface area (Å²) in [4.78, 5) is 37.7. The average molecular weight is 556 g/mol. The number of nitrogens with one attached hydrogen (secondary N) is 2. The van der Waals surface area contributed by atoms with E-state index in [9.17, 15) is 27.6 Å². The maximum Gasteiger partial charge on any atom is 0.416 e. The first-order chi connectivity index (χ1) is 19.1. The fourth-order valence-corrected chi connectivity index (χ4v) is 4.08. The maximum atomic E-state index is 12.9. The number of amides is 3. The molecule has 210 valence electrons. The Morgan fingerprint density at radius 3 is 2.30 bits per heavy atom. The molecule has 0 aliphatic carbocycles. The first-order valence-corrected chi connectivity index (χ1v) is 12.5. The molecule has 0 radical (unpaired) electrons. The van der Waals surface area contributed by atoms with Gasteiger partial charge in [-0.25, -0.2) is 9.59 Å². The minimum atomic E-state index is -4.44. The highest BCUT2D eigenvalue weighted by Gasteiger charge is 2.30. The van der Waals surface area contributed by atoms with Crippen LogP contribution in [0.2, 0.25) is 0 Å². The number of nitrogens with zero attached hydrogens (tertiary/aromatic N) is 2. The summed E-state index contributed by atoms with van der Waals surface area (Å²) in [6.07, 6.45) is -3.75. The summed E-state index contributed by atoms with van der Waals surface area (Å²) in [6.45, 7) is 0.827. The van der Waals surface area contributed by atoms with Crippen LogP contribution < -0.4 is 21.4 Å². The van der Waals surface area contributed by atoms with Crippen molar-refractivity contribution < 1.29 is 32.3 Å². The zero-order valence-corrected chi connectivity index (χ0v) is 21.4. The zero-order valence-electron chi connectivity index (χ0n) is 21.4. The SMILES string of the molecule is Nc1ccc(CNC(=O)NCC(=O)N2CCCN2c2cccc(C(=O)OCc3ccc(C(F)(F)F)cc3)c2)cc1. The number of hydrogen-bond acceptors (Lipinski definition) is 6. The Morgan fingerprint density at radius 1 is 0.900 bits per heavy atom. The number of rotatable bonds is 8. The molecule has 1 aliphatic rings. The van der Waals surface area contributed by atoms with Gasteiger partial charge in [-0.15, -0.1) is 0 Å². The summed E-state index contributed by atoms with van der Waals surface area (Å²) in [6, 6.07) is 17.4. The van der Waals surface area contributed by atoms with Crippen molar-refractivity contribution in [3.05, 3.63) is 95.1 Å². The molecule has 3 aromatic carbocycles. The fourth-order valence-electron chi connectivity index (χ4n) is 4.08. The largest absolute Gasteiger partial charge is 0.457 e. The van der Waals surface area contributed by atoms with E-state index in [1.807, 2.05) is 0 Å². The van der Waals surface area contributed by atoms with Crippen molar-refractivity contribution >= 4 is 29.3 Å². The molecular formula is C28H28F3N5O4. The number of nitrogens with two attached hydrogens (primary N) is 1. The lowest BCUT2D eigenvalue weighted by Crippen LogP contribution is -2.48. The van der Waals surface area contributed by atoms with E-state index in [1.165, 1.54) is 17.1 Å². The topological polar surface area (TPSA) is 117 Å². The molecule has 3 amide bonds. The number of hydrazine groups is 1. The van der Waals surface area contributed by atoms with Crippen LogP contribution in [-0.2, 0) is 28.9 Å². The molecular weight excluding hydrogens is 527 g/mol. The lowest BCUT2D eigenvalue weighted by atomic mass is 10.1. The number of benzene rings is 3. The van der Waals surface area contributed by atoms with Crippen LogP contribution in [0.25, 0.3) is 0 Å². The highest BCUT2D eigenvalue weighted by molar-refractivity contribution is 5.91. The molecule has 40 heavy (non-hydrogen) atoms. The van der Waals surface area contributed by atoms with Gasteiger partial charge in [0.15, 0.2) is 0 Å². The number of hydrogen-bond donors (Lipinski definition) is 3. The first-order valence-electron chi connectivity index (χ1n) is 12.5. The third-order valence-corrected chi connectivity index (χ3v) is 6.18. The van der Waals surface area contributed by atoms with Crippen LogP contribution in [0.4, 0.5) is 29.3 Å². The number of esters is 1. The van der Waals surface area contributed by atoms with Crippen LogP contribution in [-0.4, -0.2) is 42.6 Å². The molecule has 1 fully saturated rings. The van der Waals surface area contributed by atoms with Gasteiger partial charge in [0.05, 0.1) is 16.8 Å². The third-order valence-electron chi connectivity index (χ3n) is 6.18. The molecule has 0 saturated carbocycles. The van der Waals surface area contributed by atoms with Gasteiger partial charge in [-0.2, -0.15) is 13.2 Å². The molecule has 4 N–H and O–H groups in total. The van der Waals surface area contributed by atoms with E-state index in [2.05, 4.69) is 10.6 Å². The van der Waals surface area contributed by atoms with Crippen molar-refractivity contribution in [3.8, 4) is 0 Å². The van der Waals surface area contributed by atoms with Gasteiger partial charge < -0.3 is 21.1 Å². The minimum absolute atomic E-state index is 0.193. The van der Waals surface area contributed by atoms with Crippen LogP contribution in [0.5, 0.6) is 0 Å². The van der Waals surface area contributed by atoms with E-state index in [-0.39, 0.29) is 31.2 Å². The van der Waals surface area contributed by atoms with Crippen molar-refractivity contribution in [2.45, 2.75) is 25.7 Å². The number of carbonyl (C=O) groups excluding carboxylic acids is 3. The number of nitrogen functional groups attached to an aromatic ring is 1. The van der Waals surface area contributed by atoms with Gasteiger partial charge in [0.1, 0.15) is 13.2 Å². The zero-order chi connectivity index (χ0) is 28.7. The molecule has 1 saturated heterocycles. The van der Waals surface area contributed by atoms with E-state index < -0.39 is 23.7 Å². The van der Waals surface area contributed by atoms with E-state index in [4.69, 9.17) is 10.5 Å². The van der Waals surface area contributed by atoms with Crippen LogP contribution >= 0.6 is 0 Å². The Balaban J connectivity index is 1.29. The Bertz CT molecular complexity index is 1350. The molecule has 4 rings (SSSR count). The normalized spacial score (nSPS) is 13.2. The van der Waals surface area contributed by atoms with Gasteiger partial charge in [0, 0.05) is 25.3 Å². The summed E-state index contributed by atoms with van der Waals surface area (Å²) < 4.78 is 43.5. The summed E-state index contributed by atoms with van der Waals surface area (Å²) in [5, 5.41) is 8.47. The highest BCUT2D eigenvalue weighted by Crippen LogP contribution is 2.29. The predicted molar refractivity (Wildman–Crippen MR) is 142 cm³/mol. The average Bonchev–Trinajstić information content (AvgIpc) is 3.44. The second kappa shape index (κ2) is 12.4. The van der Waals surface area contributed by atoms with E-state index in [0.717, 1.165) is 17.7 Å². The predicted octanol–water partition coefficient (Wildman–Crippen LogP) is 4.10. The molecule has 0 atom stereocenters. The van der Waals surface area contributed by atoms with Crippen LogP contribution in [0, 0.1) is 0 Å². The van der Waals surface area contributed by atoms with Crippen molar-refractivity contribution in [1.82, 2.24) is 15.6 Å². The number of ether oxygens (including phenoxy) is 1. The first kappa shape index (κ1) is 28.3. The number of anilines is 2. The molecule has 12 heteroatoms. The lowest BCUT2D eigenvalue weighted by molar-refractivity contribution is -0.137. The second-order valence-electron chi connectivity index (χ2n) is 9.09. The smallest absolute Gasteiger partial charge is 0.416 e. The fraction of sp³-hybridized carbons (Fsp3) is 0.250. The second-order valence-corrected chi connectivity index (χ2v) is 9.09. The van der Waals surface area contributed by atoms with E-state index in [0.29, 0.717) is 36.4 Å². The molecule has 9 nitrogen and oxygen atoms in total. The van der Waals surface area contributed by atoms with Gasteiger partial charge in [-0.05, 0) is 60.0 Å². The Hall–Kier alpha value is -4.74. The van der Waals surface area contributed by atoms with Gasteiger partial charge in [0.25, 0.3) is 5.91 Å². The van der Waals surface area contributed by atoms with E-state index in [1.54, 1.807) is 53.5 Å². The lowest BCUT2D eigenvalue weighted by Gasteiger charge is -2.30. The summed E-state index contributed by atoms with van der Waals surface area (Å²) in [5.41, 5.74) is 7.58. The number of carbonyl (C=O) groups is 3. The van der Waals surface area contributed by atoms with Crippen LogP contribution in [0.3, 0.4) is 0 Å². The maximum absolute atomic E-state index is 12.9. The minimum Gasteiger partial charge on any atom is -0.457 e. The molecule has 1 aliphatic heterocycles. The van der Waals surface area contributed by atoms with E-state index >= 15 is 0 Å². The quantitative estimate of drug-likeness (QED) is 0.285. The summed E-state index contributed by atoms with van der Waals surface area (Å²) in [5.74, 6) is -0.978. The number of halogens is 3. The van der Waals surface area contributed by atoms with Gasteiger partial charge >= 0.3 is 18.2 Å². The van der Waals surface area contributed by atoms with Crippen LogP contribution in [0.15, 0.2) is 72.8 Å². The highest BCUT2D eigenvalue weighted by atomic mass is 19.4. The van der Waals surface area contributed by atoms with Gasteiger partial charge in [-0.1, -0.05) is 30.3 Å². The molecule has 0 spiro atoms. The molecule has 1 heterocycles. The number of urea groups is 1. The summed E-state index contributed by atoms with van der Waals surface area (Å²) >= 11 is 0. The third kappa shape index (κ3) is 7.43. The Morgan fingerprint density at radius 2 is 1.60 bits per heavy atom.